The van der Waals surface area contributed by atoms with Crippen molar-refractivity contribution in [1.29, 1.82) is 0 Å². The van der Waals surface area contributed by atoms with Crippen LogP contribution in [0.3, 0.4) is 0 Å². The number of methoxy groups -OCH3 is 1. The number of amides is 1. The zero-order chi connectivity index (χ0) is 22.8. The van der Waals surface area contributed by atoms with Crippen LogP contribution in [-0.4, -0.2) is 38.8 Å². The van der Waals surface area contributed by atoms with Gasteiger partial charge in [0.15, 0.2) is 0 Å². The molecule has 1 aliphatic heterocycles. The average Bonchev–Trinajstić information content (AvgIpc) is 2.72. The number of carbonyl (C=O) groups excluding carboxylic acids is 1. The van der Waals surface area contributed by atoms with Crippen LogP contribution in [0.5, 0.6) is 5.75 Å². The van der Waals surface area contributed by atoms with Crippen molar-refractivity contribution in [3.8, 4) is 5.75 Å². The quantitative estimate of drug-likeness (QED) is 0.733. The molecule has 1 aliphatic rings. The van der Waals surface area contributed by atoms with Crippen LogP contribution in [0, 0.1) is 26.7 Å². The third-order valence-corrected chi connectivity index (χ3v) is 8.21. The molecule has 0 radical (unpaired) electrons. The Kier molecular flexibility index (Phi) is 7.06. The van der Waals surface area contributed by atoms with E-state index in [1.807, 2.05) is 64.1 Å². The second-order valence-corrected chi connectivity index (χ2v) is 10.3. The van der Waals surface area contributed by atoms with E-state index in [-0.39, 0.29) is 17.9 Å². The Morgan fingerprint density at radius 1 is 1.06 bits per heavy atom. The van der Waals surface area contributed by atoms with E-state index in [4.69, 9.17) is 4.74 Å². The third kappa shape index (κ3) is 5.10. The highest BCUT2D eigenvalue weighted by molar-refractivity contribution is 7.89. The largest absolute Gasteiger partial charge is 0.497 e. The van der Waals surface area contributed by atoms with Gasteiger partial charge in [-0.3, -0.25) is 4.79 Å². The highest BCUT2D eigenvalue weighted by Crippen LogP contribution is 2.29. The number of nitrogens with one attached hydrogen (secondary N) is 1. The van der Waals surface area contributed by atoms with Gasteiger partial charge in [-0.05, 0) is 69.4 Å². The maximum absolute atomic E-state index is 13.2. The summed E-state index contributed by atoms with van der Waals surface area (Å²) in [6.07, 6.45) is 1.04. The molecule has 7 heteroatoms. The van der Waals surface area contributed by atoms with Crippen LogP contribution in [0.25, 0.3) is 0 Å². The summed E-state index contributed by atoms with van der Waals surface area (Å²) in [6, 6.07) is 11.3. The number of nitrogens with zero attached hydrogens (tertiary/aromatic N) is 1. The molecule has 168 valence electrons. The molecule has 1 amide bonds. The molecule has 0 spiro atoms. The second-order valence-electron chi connectivity index (χ2n) is 8.41. The molecule has 1 saturated heterocycles. The van der Waals surface area contributed by atoms with Crippen LogP contribution < -0.4 is 10.1 Å². The molecule has 1 heterocycles. The highest BCUT2D eigenvalue weighted by atomic mass is 32.2. The lowest BCUT2D eigenvalue weighted by Crippen LogP contribution is -2.43. The van der Waals surface area contributed by atoms with Gasteiger partial charge in [0.1, 0.15) is 5.75 Å². The molecule has 31 heavy (non-hydrogen) atoms. The number of aryl methyl sites for hydroxylation is 3. The van der Waals surface area contributed by atoms with Gasteiger partial charge in [-0.25, -0.2) is 8.42 Å². The Bertz CT molecular complexity index is 1020. The minimum Gasteiger partial charge on any atom is -0.497 e. The van der Waals surface area contributed by atoms with E-state index in [0.29, 0.717) is 30.8 Å². The number of piperidine rings is 1. The lowest BCUT2D eigenvalue weighted by atomic mass is 9.96. The summed E-state index contributed by atoms with van der Waals surface area (Å²) >= 11 is 0. The van der Waals surface area contributed by atoms with Crippen molar-refractivity contribution in [2.45, 2.75) is 51.5 Å². The van der Waals surface area contributed by atoms with E-state index in [0.717, 1.165) is 28.0 Å². The van der Waals surface area contributed by atoms with Crippen molar-refractivity contribution in [1.82, 2.24) is 9.62 Å². The molecular formula is C24H32N2O4S. The lowest BCUT2D eigenvalue weighted by Gasteiger charge is -2.32. The topological polar surface area (TPSA) is 75.7 Å². The SMILES string of the molecule is COc1ccc([C@H](C)NC(=O)C2CCN(S(=O)(=O)c3c(C)cc(C)cc3C)CC2)cc1. The zero-order valence-electron chi connectivity index (χ0n) is 18.9. The monoisotopic (exact) mass is 444 g/mol. The summed E-state index contributed by atoms with van der Waals surface area (Å²) in [5.74, 6) is 0.560. The second kappa shape index (κ2) is 9.40. The number of hydrogen-bond acceptors (Lipinski definition) is 4. The molecule has 0 bridgehead atoms. The fraction of sp³-hybridized carbons (Fsp3) is 0.458. The van der Waals surface area contributed by atoms with Gasteiger partial charge in [0.2, 0.25) is 15.9 Å². The summed E-state index contributed by atoms with van der Waals surface area (Å²) in [5, 5.41) is 3.07. The lowest BCUT2D eigenvalue weighted by molar-refractivity contribution is -0.126. The minimum atomic E-state index is -3.57. The van der Waals surface area contributed by atoms with E-state index >= 15 is 0 Å². The summed E-state index contributed by atoms with van der Waals surface area (Å²) < 4.78 is 33.2. The molecule has 0 aliphatic carbocycles. The number of hydrogen-bond donors (Lipinski definition) is 1. The van der Waals surface area contributed by atoms with Crippen molar-refractivity contribution in [3.05, 3.63) is 58.7 Å². The Balaban J connectivity index is 1.62. The van der Waals surface area contributed by atoms with Gasteiger partial charge in [-0.15, -0.1) is 0 Å². The first kappa shape index (κ1) is 23.3. The third-order valence-electron chi connectivity index (χ3n) is 6.00. The van der Waals surface area contributed by atoms with Gasteiger partial charge in [0.05, 0.1) is 18.0 Å². The predicted octanol–water partition coefficient (Wildman–Crippen LogP) is 3.90. The molecule has 2 aromatic carbocycles. The smallest absolute Gasteiger partial charge is 0.243 e. The first-order chi connectivity index (χ1) is 14.6. The number of benzene rings is 2. The fourth-order valence-corrected chi connectivity index (χ4v) is 6.25. The van der Waals surface area contributed by atoms with Gasteiger partial charge < -0.3 is 10.1 Å². The molecule has 6 nitrogen and oxygen atoms in total. The molecule has 1 N–H and O–H groups in total. The van der Waals surface area contributed by atoms with E-state index in [2.05, 4.69) is 5.32 Å². The maximum Gasteiger partial charge on any atom is 0.243 e. The Labute approximate surface area is 185 Å². The van der Waals surface area contributed by atoms with Crippen molar-refractivity contribution in [2.24, 2.45) is 5.92 Å². The van der Waals surface area contributed by atoms with Gasteiger partial charge in [-0.1, -0.05) is 29.8 Å². The Morgan fingerprint density at radius 3 is 2.13 bits per heavy atom. The Morgan fingerprint density at radius 2 is 1.61 bits per heavy atom. The van der Waals surface area contributed by atoms with E-state index in [1.54, 1.807) is 7.11 Å². The molecule has 2 aromatic rings. The number of sulfonamides is 1. The van der Waals surface area contributed by atoms with E-state index in [9.17, 15) is 13.2 Å². The molecule has 0 unspecified atom stereocenters. The van der Waals surface area contributed by atoms with Crippen molar-refractivity contribution in [3.63, 3.8) is 0 Å². The molecule has 1 fully saturated rings. The standard InChI is InChI=1S/C24H32N2O4S/c1-16-14-17(2)23(18(3)15-16)31(28,29)26-12-10-21(11-13-26)24(27)25-19(4)20-6-8-22(30-5)9-7-20/h6-9,14-15,19,21H,10-13H2,1-5H3,(H,25,27)/t19-/m0/s1. The number of ether oxygens (including phenoxy) is 1. The summed E-state index contributed by atoms with van der Waals surface area (Å²) in [4.78, 5) is 13.2. The molecule has 1 atom stereocenters. The summed E-state index contributed by atoms with van der Waals surface area (Å²) in [7, 11) is -1.95. The van der Waals surface area contributed by atoms with Gasteiger partial charge in [0, 0.05) is 19.0 Å². The fourth-order valence-electron chi connectivity index (χ4n) is 4.37. The first-order valence-electron chi connectivity index (χ1n) is 10.7. The zero-order valence-corrected chi connectivity index (χ0v) is 19.8. The predicted molar refractivity (Wildman–Crippen MR) is 122 cm³/mol. The van der Waals surface area contributed by atoms with Crippen molar-refractivity contribution < 1.29 is 17.9 Å². The van der Waals surface area contributed by atoms with Gasteiger partial charge in [-0.2, -0.15) is 4.31 Å². The van der Waals surface area contributed by atoms with E-state index in [1.165, 1.54) is 4.31 Å². The summed E-state index contributed by atoms with van der Waals surface area (Å²) in [6.45, 7) is 8.30. The van der Waals surface area contributed by atoms with Gasteiger partial charge in [0.25, 0.3) is 0 Å². The normalized spacial score (nSPS) is 16.7. The molecule has 0 saturated carbocycles. The maximum atomic E-state index is 13.2. The molecule has 3 rings (SSSR count). The van der Waals surface area contributed by atoms with Crippen LogP contribution in [0.15, 0.2) is 41.3 Å². The van der Waals surface area contributed by atoms with E-state index < -0.39 is 10.0 Å². The van der Waals surface area contributed by atoms with Crippen LogP contribution in [0.1, 0.15) is 48.1 Å². The van der Waals surface area contributed by atoms with Crippen LogP contribution in [0.4, 0.5) is 0 Å². The average molecular weight is 445 g/mol. The van der Waals surface area contributed by atoms with Crippen molar-refractivity contribution in [2.75, 3.05) is 20.2 Å². The summed E-state index contributed by atoms with van der Waals surface area (Å²) in [5.41, 5.74) is 3.59. The van der Waals surface area contributed by atoms with Gasteiger partial charge >= 0.3 is 0 Å². The van der Waals surface area contributed by atoms with Crippen LogP contribution in [0.2, 0.25) is 0 Å². The van der Waals surface area contributed by atoms with Crippen molar-refractivity contribution >= 4 is 15.9 Å². The number of rotatable bonds is 6. The molecule has 0 aromatic heterocycles. The molecular weight excluding hydrogens is 412 g/mol. The Hall–Kier alpha value is -2.38. The van der Waals surface area contributed by atoms with Crippen LogP contribution in [-0.2, 0) is 14.8 Å². The number of carbonyl (C=O) groups is 1. The van der Waals surface area contributed by atoms with Crippen LogP contribution >= 0.6 is 0 Å². The first-order valence-corrected chi connectivity index (χ1v) is 12.1. The highest BCUT2D eigenvalue weighted by Gasteiger charge is 2.34. The minimum absolute atomic E-state index is 0.0249.